The monoisotopic (exact) mass is 1040 g/mol. The second-order valence-electron chi connectivity index (χ2n) is 22.4. The minimum atomic E-state index is -4.63. The van der Waals surface area contributed by atoms with Crippen LogP contribution in [0, 0.1) is 0 Å². The van der Waals surface area contributed by atoms with Crippen molar-refractivity contribution in [3.05, 3.63) is 24.3 Å². The first-order valence-electron chi connectivity index (χ1n) is 31.0. The molecule has 9 nitrogen and oxygen atoms in total. The molecular formula is C62H120NO8P. The van der Waals surface area contributed by atoms with Gasteiger partial charge in [0.2, 0.25) is 0 Å². The molecule has 426 valence electrons. The predicted molar refractivity (Wildman–Crippen MR) is 305 cm³/mol. The molecule has 10 heteroatoms. The first kappa shape index (κ1) is 70.5. The van der Waals surface area contributed by atoms with Crippen molar-refractivity contribution >= 4 is 19.8 Å². The highest BCUT2D eigenvalue weighted by Crippen LogP contribution is 2.38. The van der Waals surface area contributed by atoms with Gasteiger partial charge in [0, 0.05) is 12.8 Å². The number of carbonyl (C=O) groups excluding carboxylic acids is 2. The summed E-state index contributed by atoms with van der Waals surface area (Å²) in [6, 6.07) is 0. The number of phosphoric ester groups is 1. The predicted octanol–water partition coefficient (Wildman–Crippen LogP) is 18.7. The molecule has 0 N–H and O–H groups in total. The first-order valence-corrected chi connectivity index (χ1v) is 32.5. The molecule has 2 unspecified atom stereocenters. The Kier molecular flexibility index (Phi) is 53.1. The number of carbonyl (C=O) groups is 2. The van der Waals surface area contributed by atoms with Crippen molar-refractivity contribution in [2.45, 2.75) is 315 Å². The third kappa shape index (κ3) is 57.8. The minimum absolute atomic E-state index is 0.0285. The Morgan fingerprint density at radius 2 is 0.708 bits per heavy atom. The summed E-state index contributed by atoms with van der Waals surface area (Å²) in [4.78, 5) is 37.9. The van der Waals surface area contributed by atoms with E-state index < -0.39 is 26.5 Å². The lowest BCUT2D eigenvalue weighted by atomic mass is 10.0. The summed E-state index contributed by atoms with van der Waals surface area (Å²) in [5, 5.41) is 0. The van der Waals surface area contributed by atoms with Gasteiger partial charge < -0.3 is 27.9 Å². The number of phosphoric acid groups is 1. The molecule has 2 atom stereocenters. The zero-order valence-electron chi connectivity index (χ0n) is 48.4. The summed E-state index contributed by atoms with van der Waals surface area (Å²) in [6.45, 7) is 4.29. The van der Waals surface area contributed by atoms with Crippen molar-refractivity contribution in [2.75, 3.05) is 47.5 Å². The van der Waals surface area contributed by atoms with Crippen LogP contribution in [0.1, 0.15) is 309 Å². The smallest absolute Gasteiger partial charge is 0.306 e. The number of esters is 2. The van der Waals surface area contributed by atoms with Crippen molar-refractivity contribution < 1.29 is 42.1 Å². The van der Waals surface area contributed by atoms with Crippen LogP contribution >= 0.6 is 7.82 Å². The Morgan fingerprint density at radius 1 is 0.417 bits per heavy atom. The van der Waals surface area contributed by atoms with Crippen LogP contribution in [0.15, 0.2) is 24.3 Å². The number of ether oxygens (including phenoxy) is 2. The fourth-order valence-electron chi connectivity index (χ4n) is 9.12. The molecule has 0 spiro atoms. The Labute approximate surface area is 447 Å². The molecule has 0 fully saturated rings. The van der Waals surface area contributed by atoms with Gasteiger partial charge in [-0.3, -0.25) is 14.2 Å². The van der Waals surface area contributed by atoms with E-state index in [1.165, 1.54) is 244 Å². The summed E-state index contributed by atoms with van der Waals surface area (Å²) in [6.07, 6.45) is 65.2. The number of unbranched alkanes of at least 4 members (excludes halogenated alkanes) is 40. The standard InChI is InChI=1S/C62H120NO8P/c1-6-8-10-12-14-16-18-20-22-24-26-28-29-30-31-32-33-35-37-39-41-43-45-47-49-51-53-55-62(65)71-60(59-70-72(66,67)69-57-56-63(3,4)5)58-68-61(64)54-52-50-48-46-44-42-40-38-36-34-27-25-23-21-19-17-15-13-11-9-7-2/h24-27,60H,6-23,28-59H2,1-5H3/b26-24-,27-25-. The van der Waals surface area contributed by atoms with Crippen LogP contribution in [0.2, 0.25) is 0 Å². The highest BCUT2D eigenvalue weighted by molar-refractivity contribution is 7.45. The molecule has 0 aromatic heterocycles. The normalized spacial score (nSPS) is 13.4. The Morgan fingerprint density at radius 3 is 1.03 bits per heavy atom. The second kappa shape index (κ2) is 54.3. The fraction of sp³-hybridized carbons (Fsp3) is 0.903. The molecule has 0 aliphatic rings. The van der Waals surface area contributed by atoms with E-state index in [9.17, 15) is 19.0 Å². The largest absolute Gasteiger partial charge is 0.756 e. The zero-order chi connectivity index (χ0) is 52.7. The lowest BCUT2D eigenvalue weighted by Crippen LogP contribution is -2.37. The number of quaternary nitrogens is 1. The lowest BCUT2D eigenvalue weighted by molar-refractivity contribution is -0.870. The maximum absolute atomic E-state index is 12.8. The molecule has 0 bridgehead atoms. The van der Waals surface area contributed by atoms with E-state index in [1.807, 2.05) is 21.1 Å². The summed E-state index contributed by atoms with van der Waals surface area (Å²) in [5.74, 6) is -0.819. The molecule has 0 aromatic rings. The number of hydrogen-bond acceptors (Lipinski definition) is 8. The zero-order valence-corrected chi connectivity index (χ0v) is 49.3. The molecule has 0 saturated carbocycles. The molecule has 0 rings (SSSR count). The number of hydrogen-bond donors (Lipinski definition) is 0. The van der Waals surface area contributed by atoms with Crippen LogP contribution in [-0.4, -0.2) is 70.0 Å². The van der Waals surface area contributed by atoms with Crippen molar-refractivity contribution in [3.63, 3.8) is 0 Å². The molecule has 0 amide bonds. The molecule has 72 heavy (non-hydrogen) atoms. The van der Waals surface area contributed by atoms with Gasteiger partial charge >= 0.3 is 11.9 Å². The summed E-state index contributed by atoms with van der Waals surface area (Å²) < 4.78 is 34.2. The van der Waals surface area contributed by atoms with E-state index in [0.29, 0.717) is 17.4 Å². The van der Waals surface area contributed by atoms with E-state index in [1.54, 1.807) is 0 Å². The molecule has 0 heterocycles. The van der Waals surface area contributed by atoms with Crippen molar-refractivity contribution in [2.24, 2.45) is 0 Å². The van der Waals surface area contributed by atoms with E-state index in [0.717, 1.165) is 32.1 Å². The Bertz CT molecular complexity index is 1270. The Balaban J connectivity index is 4.09. The number of nitrogens with zero attached hydrogens (tertiary/aromatic N) is 1. The molecule has 0 aromatic carbocycles. The summed E-state index contributed by atoms with van der Waals surface area (Å²) in [7, 11) is 1.18. The van der Waals surface area contributed by atoms with Gasteiger partial charge in [-0.15, -0.1) is 0 Å². The van der Waals surface area contributed by atoms with Crippen molar-refractivity contribution in [1.82, 2.24) is 0 Å². The van der Waals surface area contributed by atoms with Crippen LogP contribution in [0.5, 0.6) is 0 Å². The van der Waals surface area contributed by atoms with Crippen LogP contribution < -0.4 is 4.89 Å². The fourth-order valence-corrected chi connectivity index (χ4v) is 9.85. The summed E-state index contributed by atoms with van der Waals surface area (Å²) >= 11 is 0. The van der Waals surface area contributed by atoms with Crippen molar-refractivity contribution in [1.29, 1.82) is 0 Å². The highest BCUT2D eigenvalue weighted by atomic mass is 31.2. The number of rotatable bonds is 58. The Hall–Kier alpha value is -1.51. The van der Waals surface area contributed by atoms with E-state index in [-0.39, 0.29) is 32.0 Å². The molecular weight excluding hydrogens is 918 g/mol. The lowest BCUT2D eigenvalue weighted by Gasteiger charge is -2.28. The van der Waals surface area contributed by atoms with E-state index >= 15 is 0 Å². The molecule has 0 radical (unpaired) electrons. The van der Waals surface area contributed by atoms with Crippen LogP contribution in [0.3, 0.4) is 0 Å². The quantitative estimate of drug-likeness (QED) is 0.0195. The number of likely N-dealkylation sites (N-methyl/N-ethyl adjacent to an activating group) is 1. The van der Waals surface area contributed by atoms with Gasteiger partial charge in [-0.05, 0) is 64.2 Å². The summed E-state index contributed by atoms with van der Waals surface area (Å²) in [5.41, 5.74) is 0. The van der Waals surface area contributed by atoms with Gasteiger partial charge in [-0.2, -0.15) is 0 Å². The third-order valence-electron chi connectivity index (χ3n) is 13.9. The second-order valence-corrected chi connectivity index (χ2v) is 23.8. The third-order valence-corrected chi connectivity index (χ3v) is 14.9. The van der Waals surface area contributed by atoms with E-state index in [2.05, 4.69) is 38.2 Å². The average Bonchev–Trinajstić information content (AvgIpc) is 3.34. The van der Waals surface area contributed by atoms with Gasteiger partial charge in [0.15, 0.2) is 6.10 Å². The van der Waals surface area contributed by atoms with Crippen LogP contribution in [-0.2, 0) is 32.7 Å². The van der Waals surface area contributed by atoms with E-state index in [4.69, 9.17) is 18.5 Å². The van der Waals surface area contributed by atoms with Gasteiger partial charge in [0.05, 0.1) is 27.7 Å². The number of allylic oxidation sites excluding steroid dienone is 4. The van der Waals surface area contributed by atoms with Crippen LogP contribution in [0.4, 0.5) is 0 Å². The topological polar surface area (TPSA) is 111 Å². The highest BCUT2D eigenvalue weighted by Gasteiger charge is 2.22. The molecule has 0 aliphatic carbocycles. The SMILES string of the molecule is CCCCCCCCCC/C=C\CCCCCCCCCCCCCCCCCC(=O)OC(COC(=O)CCCCCCCCCCC/C=C\CCCCCCCCCC)COP(=O)([O-])OCC[N+](C)(C)C. The first-order chi connectivity index (χ1) is 35.0. The molecule has 0 aliphatic heterocycles. The van der Waals surface area contributed by atoms with Gasteiger partial charge in [0.25, 0.3) is 7.82 Å². The van der Waals surface area contributed by atoms with Gasteiger partial charge in [0.1, 0.15) is 19.8 Å². The van der Waals surface area contributed by atoms with Crippen LogP contribution in [0.25, 0.3) is 0 Å². The molecule has 0 saturated heterocycles. The maximum Gasteiger partial charge on any atom is 0.306 e. The van der Waals surface area contributed by atoms with Crippen molar-refractivity contribution in [3.8, 4) is 0 Å². The van der Waals surface area contributed by atoms with Gasteiger partial charge in [-0.1, -0.05) is 256 Å². The average molecular weight is 1040 g/mol. The van der Waals surface area contributed by atoms with Gasteiger partial charge in [-0.25, -0.2) is 0 Å². The minimum Gasteiger partial charge on any atom is -0.756 e. The maximum atomic E-state index is 12.8.